The molecule has 2 aromatic rings. The molecular formula is C20H23FN2O2S. The highest BCUT2D eigenvalue weighted by Gasteiger charge is 2.30. The highest BCUT2D eigenvalue weighted by Crippen LogP contribution is 2.21. The molecule has 2 amide bonds. The van der Waals surface area contributed by atoms with Gasteiger partial charge in [0.15, 0.2) is 0 Å². The van der Waals surface area contributed by atoms with E-state index in [1.165, 1.54) is 16.5 Å². The van der Waals surface area contributed by atoms with Gasteiger partial charge in [-0.2, -0.15) is 0 Å². The van der Waals surface area contributed by atoms with Crippen molar-refractivity contribution in [1.29, 1.82) is 0 Å². The Bertz CT molecular complexity index is 790. The van der Waals surface area contributed by atoms with Crippen LogP contribution in [0.5, 0.6) is 0 Å². The summed E-state index contributed by atoms with van der Waals surface area (Å²) in [5.74, 6) is -0.598. The summed E-state index contributed by atoms with van der Waals surface area (Å²) in [7, 11) is 0. The molecular weight excluding hydrogens is 351 g/mol. The quantitative estimate of drug-likeness (QED) is 0.843. The van der Waals surface area contributed by atoms with E-state index in [-0.39, 0.29) is 30.1 Å². The van der Waals surface area contributed by atoms with Gasteiger partial charge in [0.2, 0.25) is 11.8 Å². The summed E-state index contributed by atoms with van der Waals surface area (Å²) in [6.45, 7) is 3.22. The molecule has 1 aromatic heterocycles. The number of halogens is 1. The number of hydrogen-bond acceptors (Lipinski definition) is 3. The van der Waals surface area contributed by atoms with Crippen LogP contribution in [0.25, 0.3) is 0 Å². The molecule has 4 nitrogen and oxygen atoms in total. The fourth-order valence-corrected chi connectivity index (χ4v) is 4.13. The zero-order chi connectivity index (χ0) is 18.5. The normalized spacial score (nSPS) is 17.4. The maximum absolute atomic E-state index is 13.8. The summed E-state index contributed by atoms with van der Waals surface area (Å²) in [5, 5.41) is 5.04. The van der Waals surface area contributed by atoms with Crippen molar-refractivity contribution in [3.63, 3.8) is 0 Å². The van der Waals surface area contributed by atoms with E-state index in [0.717, 1.165) is 6.42 Å². The van der Waals surface area contributed by atoms with Gasteiger partial charge in [-0.3, -0.25) is 9.59 Å². The molecule has 1 atom stereocenters. The number of carbonyl (C=O) groups is 2. The molecule has 2 heterocycles. The van der Waals surface area contributed by atoms with Crippen LogP contribution in [-0.4, -0.2) is 29.8 Å². The van der Waals surface area contributed by atoms with Gasteiger partial charge in [0.05, 0.1) is 5.92 Å². The molecule has 0 unspecified atom stereocenters. The number of carbonyl (C=O) groups excluding carboxylic acids is 2. The molecule has 1 aliphatic heterocycles. The van der Waals surface area contributed by atoms with Gasteiger partial charge >= 0.3 is 0 Å². The molecule has 0 saturated carbocycles. The van der Waals surface area contributed by atoms with Gasteiger partial charge in [-0.1, -0.05) is 18.2 Å². The zero-order valence-corrected chi connectivity index (χ0v) is 15.7. The van der Waals surface area contributed by atoms with Gasteiger partial charge in [0.25, 0.3) is 0 Å². The Hall–Kier alpha value is -2.21. The summed E-state index contributed by atoms with van der Waals surface area (Å²) in [6, 6.07) is 8.53. The second-order valence-electron chi connectivity index (χ2n) is 6.67. The molecule has 1 aliphatic rings. The molecule has 1 fully saturated rings. The second-order valence-corrected chi connectivity index (χ2v) is 7.67. The first-order chi connectivity index (χ1) is 12.5. The highest BCUT2D eigenvalue weighted by molar-refractivity contribution is 7.10. The lowest BCUT2D eigenvalue weighted by atomic mass is 9.96. The second kappa shape index (κ2) is 8.45. The first kappa shape index (κ1) is 18.6. The zero-order valence-electron chi connectivity index (χ0n) is 14.8. The topological polar surface area (TPSA) is 49.4 Å². The molecule has 0 radical (unpaired) electrons. The van der Waals surface area contributed by atoms with Gasteiger partial charge in [0, 0.05) is 36.5 Å². The molecule has 1 saturated heterocycles. The smallest absolute Gasteiger partial charge is 0.224 e. The van der Waals surface area contributed by atoms with Crippen LogP contribution in [0.3, 0.4) is 0 Å². The lowest BCUT2D eigenvalue weighted by Crippen LogP contribution is -2.45. The Morgan fingerprint density at radius 3 is 2.88 bits per heavy atom. The molecule has 0 spiro atoms. The van der Waals surface area contributed by atoms with Crippen molar-refractivity contribution in [3.05, 3.63) is 57.5 Å². The van der Waals surface area contributed by atoms with Crippen molar-refractivity contribution >= 4 is 23.2 Å². The molecule has 138 valence electrons. The number of likely N-dealkylation sites (tertiary alicyclic amines) is 1. The Morgan fingerprint density at radius 2 is 2.15 bits per heavy atom. The highest BCUT2D eigenvalue weighted by atomic mass is 32.1. The maximum Gasteiger partial charge on any atom is 0.224 e. The fraction of sp³-hybridized carbons (Fsp3) is 0.400. The van der Waals surface area contributed by atoms with E-state index < -0.39 is 0 Å². The monoisotopic (exact) mass is 374 g/mol. The lowest BCUT2D eigenvalue weighted by Gasteiger charge is -2.32. The average molecular weight is 374 g/mol. The average Bonchev–Trinajstić information content (AvgIpc) is 3.03. The first-order valence-electron chi connectivity index (χ1n) is 8.86. The van der Waals surface area contributed by atoms with Crippen LogP contribution in [0.15, 0.2) is 35.7 Å². The lowest BCUT2D eigenvalue weighted by molar-refractivity contribution is -0.138. The van der Waals surface area contributed by atoms with E-state index in [4.69, 9.17) is 0 Å². The predicted molar refractivity (Wildman–Crippen MR) is 100 cm³/mol. The van der Waals surface area contributed by atoms with Crippen LogP contribution < -0.4 is 5.32 Å². The number of nitrogens with zero attached hydrogens (tertiary/aromatic N) is 1. The summed E-state index contributed by atoms with van der Waals surface area (Å²) >= 11 is 1.70. The van der Waals surface area contributed by atoms with Crippen LogP contribution in [0.1, 0.15) is 28.8 Å². The largest absolute Gasteiger partial charge is 0.355 e. The Labute approximate surface area is 157 Å². The van der Waals surface area contributed by atoms with Crippen molar-refractivity contribution in [1.82, 2.24) is 10.2 Å². The molecule has 1 aromatic carbocycles. The van der Waals surface area contributed by atoms with E-state index in [1.807, 2.05) is 0 Å². The number of aryl methyl sites for hydroxylation is 1. The standard InChI is InChI=1S/C20H23FN2O2S/c1-14-9-11-26-18(14)8-10-22-20(25)16-6-7-19(24)23(13-16)12-15-4-2-3-5-17(15)21/h2-5,9,11,16H,6-8,10,12-13H2,1H3,(H,22,25)/t16-/m0/s1. The molecule has 0 bridgehead atoms. The molecule has 26 heavy (non-hydrogen) atoms. The number of nitrogens with one attached hydrogen (secondary N) is 1. The third-order valence-corrected chi connectivity index (χ3v) is 5.89. The van der Waals surface area contributed by atoms with Crippen molar-refractivity contribution in [2.75, 3.05) is 13.1 Å². The van der Waals surface area contributed by atoms with Crippen molar-refractivity contribution < 1.29 is 14.0 Å². The van der Waals surface area contributed by atoms with Crippen molar-refractivity contribution in [2.24, 2.45) is 5.92 Å². The van der Waals surface area contributed by atoms with Crippen molar-refractivity contribution in [2.45, 2.75) is 32.7 Å². The van der Waals surface area contributed by atoms with E-state index >= 15 is 0 Å². The van der Waals surface area contributed by atoms with Gasteiger partial charge in [-0.15, -0.1) is 11.3 Å². The number of benzene rings is 1. The first-order valence-corrected chi connectivity index (χ1v) is 9.74. The Morgan fingerprint density at radius 1 is 1.35 bits per heavy atom. The van der Waals surface area contributed by atoms with Crippen LogP contribution in [0.4, 0.5) is 4.39 Å². The number of thiophene rings is 1. The third kappa shape index (κ3) is 4.49. The third-order valence-electron chi connectivity index (χ3n) is 4.81. The maximum atomic E-state index is 13.8. The summed E-state index contributed by atoms with van der Waals surface area (Å²) in [4.78, 5) is 27.5. The van der Waals surface area contributed by atoms with Crippen LogP contribution >= 0.6 is 11.3 Å². The van der Waals surface area contributed by atoms with E-state index in [0.29, 0.717) is 31.5 Å². The Kier molecular flexibility index (Phi) is 6.04. The molecule has 3 rings (SSSR count). The van der Waals surface area contributed by atoms with Gasteiger partial charge in [0.1, 0.15) is 5.82 Å². The number of hydrogen-bond donors (Lipinski definition) is 1. The number of amides is 2. The van der Waals surface area contributed by atoms with E-state index in [2.05, 4.69) is 23.7 Å². The number of rotatable bonds is 6. The molecule has 0 aliphatic carbocycles. The Balaban J connectivity index is 1.53. The molecule has 6 heteroatoms. The van der Waals surface area contributed by atoms with Gasteiger partial charge in [-0.05, 0) is 42.8 Å². The van der Waals surface area contributed by atoms with Crippen LogP contribution in [0.2, 0.25) is 0 Å². The predicted octanol–water partition coefficient (Wildman–Crippen LogP) is 3.29. The van der Waals surface area contributed by atoms with Crippen molar-refractivity contribution in [3.8, 4) is 0 Å². The van der Waals surface area contributed by atoms with Gasteiger partial charge < -0.3 is 10.2 Å². The minimum absolute atomic E-state index is 0.0217. The minimum Gasteiger partial charge on any atom is -0.355 e. The van der Waals surface area contributed by atoms with Gasteiger partial charge in [-0.25, -0.2) is 4.39 Å². The summed E-state index contributed by atoms with van der Waals surface area (Å²) < 4.78 is 13.8. The number of piperidine rings is 1. The van der Waals surface area contributed by atoms with Crippen LogP contribution in [-0.2, 0) is 22.6 Å². The van der Waals surface area contributed by atoms with Crippen LogP contribution in [0, 0.1) is 18.7 Å². The minimum atomic E-state index is -0.321. The fourth-order valence-electron chi connectivity index (χ4n) is 3.22. The summed E-state index contributed by atoms with van der Waals surface area (Å²) in [5.41, 5.74) is 1.73. The molecule has 1 N–H and O–H groups in total. The summed E-state index contributed by atoms with van der Waals surface area (Å²) in [6.07, 6.45) is 1.70. The SMILES string of the molecule is Cc1ccsc1CCNC(=O)[C@H]1CCC(=O)N(Cc2ccccc2F)C1. The van der Waals surface area contributed by atoms with E-state index in [9.17, 15) is 14.0 Å². The van der Waals surface area contributed by atoms with E-state index in [1.54, 1.807) is 34.4 Å².